The van der Waals surface area contributed by atoms with Gasteiger partial charge in [-0.05, 0) is 18.8 Å². The minimum atomic E-state index is 0.381. The fourth-order valence-electron chi connectivity index (χ4n) is 2.10. The lowest BCUT2D eigenvalue weighted by Crippen LogP contribution is -2.39. The van der Waals surface area contributed by atoms with Gasteiger partial charge in [-0.3, -0.25) is 4.79 Å². The summed E-state index contributed by atoms with van der Waals surface area (Å²) in [7, 11) is 0. The van der Waals surface area contributed by atoms with E-state index in [0.717, 1.165) is 25.9 Å². The van der Waals surface area contributed by atoms with Crippen LogP contribution in [0.3, 0.4) is 0 Å². The predicted octanol–water partition coefficient (Wildman–Crippen LogP) is 2.44. The summed E-state index contributed by atoms with van der Waals surface area (Å²) in [5.41, 5.74) is 0. The van der Waals surface area contributed by atoms with Crippen LogP contribution in [0.2, 0.25) is 0 Å². The van der Waals surface area contributed by atoms with Crippen molar-refractivity contribution in [2.75, 3.05) is 13.1 Å². The zero-order valence-electron chi connectivity index (χ0n) is 8.88. The molecule has 1 unspecified atom stereocenters. The van der Waals surface area contributed by atoms with Crippen molar-refractivity contribution in [2.24, 2.45) is 5.92 Å². The molecule has 0 aliphatic carbocycles. The molecule has 0 spiro atoms. The molecule has 0 N–H and O–H groups in total. The van der Waals surface area contributed by atoms with Crippen LogP contribution in [0.4, 0.5) is 0 Å². The molecule has 0 aromatic rings. The van der Waals surface area contributed by atoms with Crippen LogP contribution in [0, 0.1) is 5.92 Å². The van der Waals surface area contributed by atoms with E-state index in [0.29, 0.717) is 11.8 Å². The molecule has 1 saturated heterocycles. The standard InChI is InChI=1S/C11H21NO/c1-3-5-10-6-8-12(7-4-2)11(13)9-10/h10H,3-9H2,1-2H3. The highest BCUT2D eigenvalue weighted by atomic mass is 16.2. The van der Waals surface area contributed by atoms with Gasteiger partial charge in [0.2, 0.25) is 5.91 Å². The van der Waals surface area contributed by atoms with Crippen molar-refractivity contribution >= 4 is 5.91 Å². The number of amides is 1. The van der Waals surface area contributed by atoms with Gasteiger partial charge in [0, 0.05) is 19.5 Å². The number of rotatable bonds is 4. The number of carbonyl (C=O) groups excluding carboxylic acids is 1. The molecule has 1 atom stereocenters. The third-order valence-electron chi connectivity index (χ3n) is 2.81. The van der Waals surface area contributed by atoms with Crippen molar-refractivity contribution in [3.05, 3.63) is 0 Å². The Labute approximate surface area is 81.3 Å². The first kappa shape index (κ1) is 10.6. The van der Waals surface area contributed by atoms with Crippen LogP contribution in [0.15, 0.2) is 0 Å². The molecule has 1 rings (SSSR count). The van der Waals surface area contributed by atoms with Crippen LogP contribution < -0.4 is 0 Å². The van der Waals surface area contributed by atoms with Crippen molar-refractivity contribution in [1.82, 2.24) is 4.90 Å². The van der Waals surface area contributed by atoms with Gasteiger partial charge in [-0.25, -0.2) is 0 Å². The summed E-state index contributed by atoms with van der Waals surface area (Å²) < 4.78 is 0. The van der Waals surface area contributed by atoms with Crippen LogP contribution >= 0.6 is 0 Å². The molecular weight excluding hydrogens is 162 g/mol. The number of carbonyl (C=O) groups is 1. The quantitative estimate of drug-likeness (QED) is 0.655. The van der Waals surface area contributed by atoms with Gasteiger partial charge in [-0.2, -0.15) is 0 Å². The zero-order chi connectivity index (χ0) is 9.68. The van der Waals surface area contributed by atoms with Gasteiger partial charge < -0.3 is 4.90 Å². The second-order valence-corrected chi connectivity index (χ2v) is 4.03. The third-order valence-corrected chi connectivity index (χ3v) is 2.81. The van der Waals surface area contributed by atoms with Crippen molar-refractivity contribution in [3.8, 4) is 0 Å². The first-order valence-electron chi connectivity index (χ1n) is 5.55. The highest BCUT2D eigenvalue weighted by molar-refractivity contribution is 5.77. The van der Waals surface area contributed by atoms with Gasteiger partial charge in [0.15, 0.2) is 0 Å². The van der Waals surface area contributed by atoms with Gasteiger partial charge in [0.05, 0.1) is 0 Å². The summed E-state index contributed by atoms with van der Waals surface area (Å²) in [6, 6.07) is 0. The molecule has 1 aliphatic heterocycles. The van der Waals surface area contributed by atoms with Gasteiger partial charge >= 0.3 is 0 Å². The summed E-state index contributed by atoms with van der Waals surface area (Å²) in [5.74, 6) is 1.05. The molecule has 13 heavy (non-hydrogen) atoms. The second kappa shape index (κ2) is 5.25. The average Bonchev–Trinajstić information content (AvgIpc) is 2.10. The van der Waals surface area contributed by atoms with Crippen LogP contribution in [-0.2, 0) is 4.79 Å². The van der Waals surface area contributed by atoms with E-state index in [-0.39, 0.29) is 0 Å². The van der Waals surface area contributed by atoms with Crippen LogP contribution in [0.1, 0.15) is 46.0 Å². The maximum atomic E-state index is 11.6. The fourth-order valence-corrected chi connectivity index (χ4v) is 2.10. The minimum Gasteiger partial charge on any atom is -0.343 e. The lowest BCUT2D eigenvalue weighted by Gasteiger charge is -2.31. The minimum absolute atomic E-state index is 0.381. The van der Waals surface area contributed by atoms with E-state index in [1.165, 1.54) is 19.3 Å². The lowest BCUT2D eigenvalue weighted by atomic mass is 9.92. The summed E-state index contributed by atoms with van der Waals surface area (Å²) in [5, 5.41) is 0. The molecule has 1 fully saturated rings. The van der Waals surface area contributed by atoms with Crippen molar-refractivity contribution < 1.29 is 4.79 Å². The average molecular weight is 183 g/mol. The van der Waals surface area contributed by atoms with E-state index in [9.17, 15) is 4.79 Å². The lowest BCUT2D eigenvalue weighted by molar-refractivity contribution is -0.135. The number of piperidine rings is 1. The van der Waals surface area contributed by atoms with Gasteiger partial charge in [0.25, 0.3) is 0 Å². The van der Waals surface area contributed by atoms with Crippen molar-refractivity contribution in [1.29, 1.82) is 0 Å². The Kier molecular flexibility index (Phi) is 4.26. The molecule has 1 amide bonds. The van der Waals surface area contributed by atoms with Crippen LogP contribution in [-0.4, -0.2) is 23.9 Å². The summed E-state index contributed by atoms with van der Waals surface area (Å²) in [6.45, 7) is 6.28. The van der Waals surface area contributed by atoms with E-state index in [2.05, 4.69) is 13.8 Å². The highest BCUT2D eigenvalue weighted by Crippen LogP contribution is 2.22. The molecule has 0 aromatic carbocycles. The Morgan fingerprint density at radius 2 is 2.15 bits per heavy atom. The van der Waals surface area contributed by atoms with E-state index < -0.39 is 0 Å². The molecule has 1 aliphatic rings. The number of nitrogens with zero attached hydrogens (tertiary/aromatic N) is 1. The molecule has 0 saturated carbocycles. The van der Waals surface area contributed by atoms with E-state index in [1.807, 2.05) is 4.90 Å². The van der Waals surface area contributed by atoms with Crippen LogP contribution in [0.5, 0.6) is 0 Å². The maximum Gasteiger partial charge on any atom is 0.222 e. The third kappa shape index (κ3) is 3.02. The first-order chi connectivity index (χ1) is 6.27. The number of likely N-dealkylation sites (tertiary alicyclic amines) is 1. The Balaban J connectivity index is 2.33. The van der Waals surface area contributed by atoms with Gasteiger partial charge in [0.1, 0.15) is 0 Å². The maximum absolute atomic E-state index is 11.6. The highest BCUT2D eigenvalue weighted by Gasteiger charge is 2.23. The molecule has 0 aromatic heterocycles. The largest absolute Gasteiger partial charge is 0.343 e. The second-order valence-electron chi connectivity index (χ2n) is 4.03. The van der Waals surface area contributed by atoms with E-state index in [4.69, 9.17) is 0 Å². The van der Waals surface area contributed by atoms with Crippen molar-refractivity contribution in [3.63, 3.8) is 0 Å². The predicted molar refractivity (Wildman–Crippen MR) is 54.5 cm³/mol. The van der Waals surface area contributed by atoms with Crippen LogP contribution in [0.25, 0.3) is 0 Å². The zero-order valence-corrected chi connectivity index (χ0v) is 8.88. The summed E-state index contributed by atoms with van der Waals surface area (Å²) in [6.07, 6.45) is 5.55. The molecular formula is C11H21NO. The monoisotopic (exact) mass is 183 g/mol. The molecule has 76 valence electrons. The fraction of sp³-hybridized carbons (Fsp3) is 0.909. The van der Waals surface area contributed by atoms with Gasteiger partial charge in [-0.15, -0.1) is 0 Å². The SMILES string of the molecule is CCCC1CCN(CCC)C(=O)C1. The molecule has 2 heteroatoms. The van der Waals surface area contributed by atoms with Crippen molar-refractivity contribution in [2.45, 2.75) is 46.0 Å². The molecule has 2 nitrogen and oxygen atoms in total. The molecule has 0 bridgehead atoms. The normalized spacial score (nSPS) is 23.7. The van der Waals surface area contributed by atoms with Gasteiger partial charge in [-0.1, -0.05) is 26.7 Å². The topological polar surface area (TPSA) is 20.3 Å². The smallest absolute Gasteiger partial charge is 0.222 e. The number of hydrogen-bond acceptors (Lipinski definition) is 1. The summed E-state index contributed by atoms with van der Waals surface area (Å²) in [4.78, 5) is 13.6. The van der Waals surface area contributed by atoms with E-state index >= 15 is 0 Å². The Bertz CT molecular complexity index is 167. The number of hydrogen-bond donors (Lipinski definition) is 0. The first-order valence-corrected chi connectivity index (χ1v) is 5.55. The Morgan fingerprint density at radius 1 is 1.38 bits per heavy atom. The Morgan fingerprint density at radius 3 is 2.69 bits per heavy atom. The summed E-state index contributed by atoms with van der Waals surface area (Å²) >= 11 is 0. The molecule has 0 radical (unpaired) electrons. The van der Waals surface area contributed by atoms with E-state index in [1.54, 1.807) is 0 Å². The Hall–Kier alpha value is -0.530. The molecule has 1 heterocycles.